The van der Waals surface area contributed by atoms with Gasteiger partial charge in [-0.2, -0.15) is 5.26 Å². The topological polar surface area (TPSA) is 30.3 Å². The molecule has 3 rings (SSSR count). The Hall–Kier alpha value is -2.54. The lowest BCUT2D eigenvalue weighted by Crippen LogP contribution is -2.46. The fourth-order valence-electron chi connectivity index (χ4n) is 2.70. The Morgan fingerprint density at radius 2 is 1.48 bits per heavy atom. The summed E-state index contributed by atoms with van der Waals surface area (Å²) < 4.78 is 13.0. The second kappa shape index (κ2) is 5.84. The fraction of sp³-hybridized carbons (Fsp3) is 0.235. The van der Waals surface area contributed by atoms with Crippen LogP contribution in [0.15, 0.2) is 48.5 Å². The van der Waals surface area contributed by atoms with Crippen molar-refractivity contribution < 1.29 is 4.39 Å². The third-order valence-corrected chi connectivity index (χ3v) is 3.84. The van der Waals surface area contributed by atoms with Crippen molar-refractivity contribution in [2.24, 2.45) is 0 Å². The maximum Gasteiger partial charge on any atom is 0.123 e. The van der Waals surface area contributed by atoms with E-state index in [1.165, 1.54) is 12.1 Å². The molecule has 0 spiro atoms. The number of nitriles is 1. The van der Waals surface area contributed by atoms with Gasteiger partial charge in [0.15, 0.2) is 0 Å². The zero-order chi connectivity index (χ0) is 14.7. The molecular formula is C17H16FN3. The molecule has 0 saturated carbocycles. The molecule has 0 amide bonds. The summed E-state index contributed by atoms with van der Waals surface area (Å²) in [7, 11) is 0. The average Bonchev–Trinajstić information content (AvgIpc) is 2.56. The molecule has 0 unspecified atom stereocenters. The fourth-order valence-corrected chi connectivity index (χ4v) is 2.70. The number of hydrogen-bond acceptors (Lipinski definition) is 3. The van der Waals surface area contributed by atoms with Gasteiger partial charge in [-0.3, -0.25) is 0 Å². The monoisotopic (exact) mass is 281 g/mol. The van der Waals surface area contributed by atoms with Crippen molar-refractivity contribution in [3.63, 3.8) is 0 Å². The maximum absolute atomic E-state index is 13.0. The van der Waals surface area contributed by atoms with Crippen LogP contribution in [0, 0.1) is 17.1 Å². The molecule has 1 saturated heterocycles. The van der Waals surface area contributed by atoms with Gasteiger partial charge in [-0.1, -0.05) is 12.1 Å². The molecule has 0 atom stereocenters. The predicted octanol–water partition coefficient (Wildman–Crippen LogP) is 3.02. The molecule has 106 valence electrons. The molecule has 4 heteroatoms. The van der Waals surface area contributed by atoms with Gasteiger partial charge >= 0.3 is 0 Å². The van der Waals surface area contributed by atoms with Crippen LogP contribution in [0.5, 0.6) is 0 Å². The lowest BCUT2D eigenvalue weighted by atomic mass is 10.1. The summed E-state index contributed by atoms with van der Waals surface area (Å²) in [6, 6.07) is 16.5. The van der Waals surface area contributed by atoms with Crippen molar-refractivity contribution >= 4 is 11.4 Å². The van der Waals surface area contributed by atoms with Gasteiger partial charge in [0.25, 0.3) is 0 Å². The molecule has 0 bridgehead atoms. The standard InChI is InChI=1S/C17H16FN3/c18-15-5-7-16(8-6-15)20-9-11-21(12-10-20)17-4-2-1-3-14(17)13-19/h1-8H,9-12H2. The minimum atomic E-state index is -0.208. The smallest absolute Gasteiger partial charge is 0.123 e. The van der Waals surface area contributed by atoms with Crippen LogP contribution in [-0.4, -0.2) is 26.2 Å². The van der Waals surface area contributed by atoms with Crippen molar-refractivity contribution in [2.75, 3.05) is 36.0 Å². The molecule has 1 aliphatic rings. The third kappa shape index (κ3) is 2.82. The highest BCUT2D eigenvalue weighted by Gasteiger charge is 2.19. The Bertz CT molecular complexity index is 652. The van der Waals surface area contributed by atoms with Gasteiger partial charge in [0.05, 0.1) is 11.3 Å². The Morgan fingerprint density at radius 3 is 2.14 bits per heavy atom. The van der Waals surface area contributed by atoms with Crippen LogP contribution in [0.1, 0.15) is 5.56 Å². The van der Waals surface area contributed by atoms with E-state index in [0.29, 0.717) is 5.56 Å². The third-order valence-electron chi connectivity index (χ3n) is 3.84. The molecular weight excluding hydrogens is 265 g/mol. The van der Waals surface area contributed by atoms with Crippen LogP contribution >= 0.6 is 0 Å². The minimum absolute atomic E-state index is 0.208. The van der Waals surface area contributed by atoms with E-state index < -0.39 is 0 Å². The molecule has 1 heterocycles. The highest BCUT2D eigenvalue weighted by Crippen LogP contribution is 2.23. The summed E-state index contributed by atoms with van der Waals surface area (Å²) in [6.07, 6.45) is 0. The van der Waals surface area contributed by atoms with Crippen LogP contribution < -0.4 is 9.80 Å². The van der Waals surface area contributed by atoms with E-state index in [1.54, 1.807) is 0 Å². The van der Waals surface area contributed by atoms with Crippen LogP contribution in [0.3, 0.4) is 0 Å². The van der Waals surface area contributed by atoms with Crippen LogP contribution in [0.4, 0.5) is 15.8 Å². The van der Waals surface area contributed by atoms with Crippen molar-refractivity contribution in [3.8, 4) is 6.07 Å². The van der Waals surface area contributed by atoms with E-state index in [0.717, 1.165) is 37.6 Å². The number of para-hydroxylation sites is 1. The van der Waals surface area contributed by atoms with Crippen molar-refractivity contribution in [1.29, 1.82) is 5.26 Å². The number of hydrogen-bond donors (Lipinski definition) is 0. The first-order chi connectivity index (χ1) is 10.3. The van der Waals surface area contributed by atoms with Gasteiger partial charge in [-0.05, 0) is 36.4 Å². The summed E-state index contributed by atoms with van der Waals surface area (Å²) >= 11 is 0. The molecule has 0 aliphatic carbocycles. The number of nitrogens with zero attached hydrogens (tertiary/aromatic N) is 3. The molecule has 21 heavy (non-hydrogen) atoms. The van der Waals surface area contributed by atoms with Crippen molar-refractivity contribution in [3.05, 3.63) is 59.9 Å². The Kier molecular flexibility index (Phi) is 3.74. The van der Waals surface area contributed by atoms with Gasteiger partial charge in [-0.25, -0.2) is 4.39 Å². The van der Waals surface area contributed by atoms with E-state index in [2.05, 4.69) is 15.9 Å². The summed E-state index contributed by atoms with van der Waals surface area (Å²) in [5.74, 6) is -0.208. The van der Waals surface area contributed by atoms with Crippen LogP contribution in [-0.2, 0) is 0 Å². The molecule has 2 aromatic rings. The molecule has 0 N–H and O–H groups in total. The van der Waals surface area contributed by atoms with Gasteiger partial charge in [0.1, 0.15) is 11.9 Å². The zero-order valence-corrected chi connectivity index (χ0v) is 11.7. The molecule has 1 fully saturated rings. The highest BCUT2D eigenvalue weighted by molar-refractivity contribution is 5.60. The van der Waals surface area contributed by atoms with Gasteiger partial charge < -0.3 is 9.80 Å². The number of rotatable bonds is 2. The van der Waals surface area contributed by atoms with Crippen molar-refractivity contribution in [1.82, 2.24) is 0 Å². The first-order valence-electron chi connectivity index (χ1n) is 7.02. The normalized spacial score (nSPS) is 14.9. The number of benzene rings is 2. The maximum atomic E-state index is 13.0. The van der Waals surface area contributed by atoms with E-state index in [4.69, 9.17) is 0 Å². The number of piperazine rings is 1. The Morgan fingerprint density at radius 1 is 0.857 bits per heavy atom. The largest absolute Gasteiger partial charge is 0.368 e. The SMILES string of the molecule is N#Cc1ccccc1N1CCN(c2ccc(F)cc2)CC1. The first-order valence-corrected chi connectivity index (χ1v) is 7.02. The van der Waals surface area contributed by atoms with E-state index >= 15 is 0 Å². The summed E-state index contributed by atoms with van der Waals surface area (Å²) in [5, 5.41) is 9.18. The first kappa shape index (κ1) is 13.4. The molecule has 1 aliphatic heterocycles. The Balaban J connectivity index is 1.70. The minimum Gasteiger partial charge on any atom is -0.368 e. The summed E-state index contributed by atoms with van der Waals surface area (Å²) in [5.41, 5.74) is 2.76. The van der Waals surface area contributed by atoms with Gasteiger partial charge in [0, 0.05) is 31.9 Å². The zero-order valence-electron chi connectivity index (χ0n) is 11.7. The Labute approximate surface area is 123 Å². The molecule has 0 radical (unpaired) electrons. The van der Waals surface area contributed by atoms with E-state index in [-0.39, 0.29) is 5.82 Å². The lowest BCUT2D eigenvalue weighted by Gasteiger charge is -2.37. The number of anilines is 2. The molecule has 3 nitrogen and oxygen atoms in total. The highest BCUT2D eigenvalue weighted by atomic mass is 19.1. The molecule has 0 aromatic heterocycles. The van der Waals surface area contributed by atoms with E-state index in [1.807, 2.05) is 36.4 Å². The van der Waals surface area contributed by atoms with E-state index in [9.17, 15) is 9.65 Å². The quantitative estimate of drug-likeness (QED) is 0.847. The van der Waals surface area contributed by atoms with Gasteiger partial charge in [0.2, 0.25) is 0 Å². The second-order valence-electron chi connectivity index (χ2n) is 5.08. The predicted molar refractivity (Wildman–Crippen MR) is 82.0 cm³/mol. The second-order valence-corrected chi connectivity index (χ2v) is 5.08. The number of halogens is 1. The lowest BCUT2D eigenvalue weighted by molar-refractivity contribution is 0.624. The van der Waals surface area contributed by atoms with Crippen molar-refractivity contribution in [2.45, 2.75) is 0 Å². The average molecular weight is 281 g/mol. The summed E-state index contributed by atoms with van der Waals surface area (Å²) in [4.78, 5) is 4.48. The van der Waals surface area contributed by atoms with Crippen LogP contribution in [0.25, 0.3) is 0 Å². The molecule has 2 aromatic carbocycles. The van der Waals surface area contributed by atoms with Gasteiger partial charge in [-0.15, -0.1) is 0 Å². The summed E-state index contributed by atoms with van der Waals surface area (Å²) in [6.45, 7) is 3.45. The van der Waals surface area contributed by atoms with Crippen LogP contribution in [0.2, 0.25) is 0 Å².